The molecular formula is C31H29N5O4S. The SMILES string of the molecule is COC(=O)c1ccc2c(c1)NC(=O)C2=C(Nc1ccc(CC(=O)N2CCN(C)CC2)cc1)c1ccc2scnc2c1. The number of nitrogens with one attached hydrogen (secondary N) is 2. The summed E-state index contributed by atoms with van der Waals surface area (Å²) in [6, 6.07) is 18.7. The minimum absolute atomic E-state index is 0.128. The fourth-order valence-electron chi connectivity index (χ4n) is 5.15. The van der Waals surface area contributed by atoms with Crippen molar-refractivity contribution < 1.29 is 19.1 Å². The lowest BCUT2D eigenvalue weighted by Gasteiger charge is -2.32. The summed E-state index contributed by atoms with van der Waals surface area (Å²) in [5, 5.41) is 6.36. The van der Waals surface area contributed by atoms with Gasteiger partial charge in [-0.15, -0.1) is 11.3 Å². The number of carbonyl (C=O) groups is 3. The molecule has 10 heteroatoms. The molecule has 6 rings (SSSR count). The number of anilines is 2. The molecule has 1 saturated heterocycles. The molecule has 2 amide bonds. The molecule has 1 fully saturated rings. The van der Waals surface area contributed by atoms with Crippen LogP contribution >= 0.6 is 11.3 Å². The largest absolute Gasteiger partial charge is 0.465 e. The number of piperazine rings is 1. The van der Waals surface area contributed by atoms with Gasteiger partial charge in [0.25, 0.3) is 5.91 Å². The van der Waals surface area contributed by atoms with Crippen LogP contribution in [0.5, 0.6) is 0 Å². The van der Waals surface area contributed by atoms with Gasteiger partial charge in [0.15, 0.2) is 0 Å². The Balaban J connectivity index is 1.33. The van der Waals surface area contributed by atoms with E-state index in [1.807, 2.05) is 47.4 Å². The highest BCUT2D eigenvalue weighted by Crippen LogP contribution is 2.39. The van der Waals surface area contributed by atoms with Gasteiger partial charge in [0, 0.05) is 43.0 Å². The number of likely N-dealkylation sites (N-methyl/N-ethyl adjacent to an activating group) is 1. The lowest BCUT2D eigenvalue weighted by molar-refractivity contribution is -0.132. The maximum Gasteiger partial charge on any atom is 0.337 e. The lowest BCUT2D eigenvalue weighted by Crippen LogP contribution is -2.47. The van der Waals surface area contributed by atoms with Crippen LogP contribution in [0.1, 0.15) is 27.0 Å². The number of hydrogen-bond acceptors (Lipinski definition) is 8. The predicted octanol–water partition coefficient (Wildman–Crippen LogP) is 4.33. The van der Waals surface area contributed by atoms with E-state index in [0.29, 0.717) is 34.5 Å². The number of esters is 1. The van der Waals surface area contributed by atoms with Crippen LogP contribution in [0.15, 0.2) is 66.2 Å². The quantitative estimate of drug-likeness (QED) is 0.264. The molecule has 0 radical (unpaired) electrons. The molecular weight excluding hydrogens is 538 g/mol. The number of nitrogens with zero attached hydrogens (tertiary/aromatic N) is 3. The normalized spacial score (nSPS) is 16.3. The third kappa shape index (κ3) is 5.44. The fourth-order valence-corrected chi connectivity index (χ4v) is 5.81. The number of aromatic nitrogens is 1. The van der Waals surface area contributed by atoms with Gasteiger partial charge in [-0.2, -0.15) is 0 Å². The first-order valence-corrected chi connectivity index (χ1v) is 14.2. The standard InChI is InChI=1S/C31H29N5O4S/c1-35-11-13-36(14-12-35)27(37)15-19-3-7-22(8-4-19)33-29(20-6-10-26-25(16-20)32-18-41-26)28-23-9-5-21(31(39)40-2)17-24(23)34-30(28)38/h3-10,16-18,33H,11-15H2,1-2H3,(H,34,38). The number of methoxy groups -OCH3 is 1. The number of amides is 2. The van der Waals surface area contributed by atoms with Crippen molar-refractivity contribution in [2.75, 3.05) is 51.0 Å². The first-order chi connectivity index (χ1) is 19.9. The molecule has 1 aromatic heterocycles. The van der Waals surface area contributed by atoms with E-state index >= 15 is 0 Å². The van der Waals surface area contributed by atoms with Gasteiger partial charge in [-0.25, -0.2) is 9.78 Å². The number of benzene rings is 3. The van der Waals surface area contributed by atoms with E-state index in [-0.39, 0.29) is 11.8 Å². The van der Waals surface area contributed by atoms with Crippen molar-refractivity contribution in [2.45, 2.75) is 6.42 Å². The molecule has 0 aliphatic carbocycles. The maximum absolute atomic E-state index is 13.4. The van der Waals surface area contributed by atoms with E-state index in [1.165, 1.54) is 7.11 Å². The van der Waals surface area contributed by atoms with Crippen molar-refractivity contribution in [1.29, 1.82) is 0 Å². The highest BCUT2D eigenvalue weighted by atomic mass is 32.1. The van der Waals surface area contributed by atoms with Crippen LogP contribution in [0.3, 0.4) is 0 Å². The average molecular weight is 568 g/mol. The van der Waals surface area contributed by atoms with E-state index in [4.69, 9.17) is 4.74 Å². The Morgan fingerprint density at radius 2 is 1.76 bits per heavy atom. The highest BCUT2D eigenvalue weighted by molar-refractivity contribution is 7.16. The summed E-state index contributed by atoms with van der Waals surface area (Å²) in [6.45, 7) is 3.28. The molecule has 0 atom stereocenters. The second kappa shape index (κ2) is 11.1. The molecule has 0 saturated carbocycles. The van der Waals surface area contributed by atoms with Crippen molar-refractivity contribution in [3.63, 3.8) is 0 Å². The van der Waals surface area contributed by atoms with Crippen LogP contribution in [0.2, 0.25) is 0 Å². The number of fused-ring (bicyclic) bond motifs is 2. The van der Waals surface area contributed by atoms with E-state index < -0.39 is 5.97 Å². The van der Waals surface area contributed by atoms with E-state index in [1.54, 1.807) is 35.0 Å². The molecule has 2 N–H and O–H groups in total. The molecule has 9 nitrogen and oxygen atoms in total. The zero-order chi connectivity index (χ0) is 28.5. The Bertz CT molecular complexity index is 1690. The summed E-state index contributed by atoms with van der Waals surface area (Å²) in [5.74, 6) is -0.626. The zero-order valence-electron chi connectivity index (χ0n) is 22.8. The van der Waals surface area contributed by atoms with Crippen LogP contribution in [-0.2, 0) is 20.7 Å². The maximum atomic E-state index is 13.4. The fraction of sp³-hybridized carbons (Fsp3) is 0.226. The summed E-state index contributed by atoms with van der Waals surface area (Å²) in [6.07, 6.45) is 0.344. The van der Waals surface area contributed by atoms with Crippen LogP contribution < -0.4 is 10.6 Å². The van der Waals surface area contributed by atoms with E-state index in [0.717, 1.165) is 53.2 Å². The van der Waals surface area contributed by atoms with Gasteiger partial charge in [0.2, 0.25) is 5.91 Å². The Labute approximate surface area is 241 Å². The molecule has 0 bridgehead atoms. The zero-order valence-corrected chi connectivity index (χ0v) is 23.6. The van der Waals surface area contributed by atoms with Crippen molar-refractivity contribution in [3.05, 3.63) is 88.4 Å². The monoisotopic (exact) mass is 567 g/mol. The highest BCUT2D eigenvalue weighted by Gasteiger charge is 2.29. The number of ether oxygens (including phenoxy) is 1. The number of rotatable bonds is 6. The summed E-state index contributed by atoms with van der Waals surface area (Å²) >= 11 is 1.55. The Kier molecular flexibility index (Phi) is 7.25. The van der Waals surface area contributed by atoms with Crippen molar-refractivity contribution in [2.24, 2.45) is 0 Å². The van der Waals surface area contributed by atoms with Gasteiger partial charge in [0.1, 0.15) is 0 Å². The third-order valence-corrected chi connectivity index (χ3v) is 8.30. The molecule has 3 heterocycles. The molecule has 0 unspecified atom stereocenters. The van der Waals surface area contributed by atoms with E-state index in [2.05, 4.69) is 27.6 Å². The van der Waals surface area contributed by atoms with Crippen LogP contribution in [-0.4, -0.2) is 72.9 Å². The first-order valence-electron chi connectivity index (χ1n) is 13.3. The first kappa shape index (κ1) is 26.7. The predicted molar refractivity (Wildman–Crippen MR) is 161 cm³/mol. The summed E-state index contributed by atoms with van der Waals surface area (Å²) in [7, 11) is 3.39. The van der Waals surface area contributed by atoms with Gasteiger partial charge in [0.05, 0.1) is 51.8 Å². The molecule has 2 aliphatic heterocycles. The van der Waals surface area contributed by atoms with Gasteiger partial charge in [-0.1, -0.05) is 24.3 Å². The van der Waals surface area contributed by atoms with Gasteiger partial charge >= 0.3 is 5.97 Å². The Morgan fingerprint density at radius 3 is 2.51 bits per heavy atom. The van der Waals surface area contributed by atoms with Gasteiger partial charge < -0.3 is 25.2 Å². The minimum atomic E-state index is -0.474. The second-order valence-electron chi connectivity index (χ2n) is 10.2. The molecule has 3 aromatic carbocycles. The summed E-state index contributed by atoms with van der Waals surface area (Å²) < 4.78 is 5.89. The van der Waals surface area contributed by atoms with Crippen molar-refractivity contribution >= 4 is 62.0 Å². The molecule has 4 aromatic rings. The Hall–Kier alpha value is -4.54. The third-order valence-electron chi connectivity index (χ3n) is 7.49. The molecule has 2 aliphatic rings. The summed E-state index contributed by atoms with van der Waals surface area (Å²) in [5.41, 5.74) is 7.78. The molecule has 0 spiro atoms. The van der Waals surface area contributed by atoms with Crippen LogP contribution in [0.4, 0.5) is 11.4 Å². The topological polar surface area (TPSA) is 104 Å². The van der Waals surface area contributed by atoms with E-state index in [9.17, 15) is 14.4 Å². The van der Waals surface area contributed by atoms with Crippen LogP contribution in [0.25, 0.3) is 21.5 Å². The minimum Gasteiger partial charge on any atom is -0.465 e. The summed E-state index contributed by atoms with van der Waals surface area (Å²) in [4.78, 5) is 46.9. The van der Waals surface area contributed by atoms with Gasteiger partial charge in [-0.3, -0.25) is 9.59 Å². The molecule has 41 heavy (non-hydrogen) atoms. The average Bonchev–Trinajstić information content (AvgIpc) is 3.59. The smallest absolute Gasteiger partial charge is 0.337 e. The molecule has 208 valence electrons. The van der Waals surface area contributed by atoms with Gasteiger partial charge in [-0.05, 0) is 49.0 Å². The number of thiazole rings is 1. The van der Waals surface area contributed by atoms with Crippen molar-refractivity contribution in [1.82, 2.24) is 14.8 Å². The van der Waals surface area contributed by atoms with Crippen molar-refractivity contribution in [3.8, 4) is 0 Å². The Morgan fingerprint density at radius 1 is 1.00 bits per heavy atom. The number of hydrogen-bond donors (Lipinski definition) is 2. The second-order valence-corrected chi connectivity index (χ2v) is 11.1. The van der Waals surface area contributed by atoms with Crippen LogP contribution in [0, 0.1) is 0 Å². The number of carbonyl (C=O) groups excluding carboxylic acids is 3. The lowest BCUT2D eigenvalue weighted by atomic mass is 9.98.